The van der Waals surface area contributed by atoms with Crippen LogP contribution in [0.2, 0.25) is 0 Å². The van der Waals surface area contributed by atoms with Gasteiger partial charge >= 0.3 is 0 Å². The summed E-state index contributed by atoms with van der Waals surface area (Å²) in [6.07, 6.45) is 1.92. The number of fused-ring (bicyclic) bond motifs is 1. The molecule has 0 saturated carbocycles. The number of aromatic nitrogens is 2. The van der Waals surface area contributed by atoms with E-state index in [9.17, 15) is 0 Å². The first kappa shape index (κ1) is 9.51. The van der Waals surface area contributed by atoms with Gasteiger partial charge in [-0.25, -0.2) is 4.98 Å². The first-order valence-electron chi connectivity index (χ1n) is 4.56. The maximum absolute atomic E-state index is 8.64. The number of hydrogen-bond acceptors (Lipinski definition) is 3. The SMILES string of the molecule is Cc1ccn2c(C)nc(/C(N)=N\O)c2c1. The molecule has 0 aliphatic heterocycles. The van der Waals surface area contributed by atoms with Crippen molar-refractivity contribution in [2.24, 2.45) is 10.9 Å². The molecule has 2 aromatic rings. The van der Waals surface area contributed by atoms with Crippen molar-refractivity contribution in [2.75, 3.05) is 0 Å². The van der Waals surface area contributed by atoms with E-state index < -0.39 is 0 Å². The highest BCUT2D eigenvalue weighted by Gasteiger charge is 2.11. The maximum atomic E-state index is 8.64. The minimum absolute atomic E-state index is 0.0335. The number of hydrogen-bond donors (Lipinski definition) is 2. The second kappa shape index (κ2) is 3.27. The highest BCUT2D eigenvalue weighted by molar-refractivity contribution is 6.01. The first-order valence-corrected chi connectivity index (χ1v) is 4.56. The van der Waals surface area contributed by atoms with Gasteiger partial charge in [0.2, 0.25) is 0 Å². The third kappa shape index (κ3) is 1.41. The third-order valence-electron chi connectivity index (χ3n) is 2.33. The smallest absolute Gasteiger partial charge is 0.191 e. The van der Waals surface area contributed by atoms with Gasteiger partial charge in [-0.3, -0.25) is 0 Å². The van der Waals surface area contributed by atoms with E-state index in [-0.39, 0.29) is 5.84 Å². The van der Waals surface area contributed by atoms with Crippen LogP contribution < -0.4 is 5.73 Å². The van der Waals surface area contributed by atoms with Crippen LogP contribution in [0.5, 0.6) is 0 Å². The van der Waals surface area contributed by atoms with E-state index in [2.05, 4.69) is 10.1 Å². The van der Waals surface area contributed by atoms with Crippen LogP contribution in [0.3, 0.4) is 0 Å². The molecule has 0 aliphatic rings. The molecular formula is C10H12N4O. The summed E-state index contributed by atoms with van der Waals surface area (Å²) in [5.41, 5.74) is 8.02. The Bertz CT molecular complexity index is 542. The fraction of sp³-hybridized carbons (Fsp3) is 0.200. The molecule has 0 aromatic carbocycles. The van der Waals surface area contributed by atoms with Crippen LogP contribution in [0, 0.1) is 13.8 Å². The predicted octanol–water partition coefficient (Wildman–Crippen LogP) is 1.05. The molecule has 0 fully saturated rings. The Morgan fingerprint density at radius 1 is 1.53 bits per heavy atom. The molecule has 0 unspecified atom stereocenters. The van der Waals surface area contributed by atoms with Crippen molar-refractivity contribution in [1.82, 2.24) is 9.38 Å². The molecule has 78 valence electrons. The molecular weight excluding hydrogens is 192 g/mol. The van der Waals surface area contributed by atoms with Gasteiger partial charge in [-0.2, -0.15) is 0 Å². The molecule has 0 aliphatic carbocycles. The van der Waals surface area contributed by atoms with E-state index in [4.69, 9.17) is 10.9 Å². The quantitative estimate of drug-likeness (QED) is 0.315. The topological polar surface area (TPSA) is 75.9 Å². The van der Waals surface area contributed by atoms with E-state index in [1.165, 1.54) is 0 Å². The normalized spacial score (nSPS) is 12.3. The van der Waals surface area contributed by atoms with Crippen molar-refractivity contribution in [3.63, 3.8) is 0 Å². The Morgan fingerprint density at radius 3 is 2.93 bits per heavy atom. The Labute approximate surface area is 86.8 Å². The summed E-state index contributed by atoms with van der Waals surface area (Å²) in [4.78, 5) is 4.25. The van der Waals surface area contributed by atoms with Gasteiger partial charge in [-0.05, 0) is 31.5 Å². The summed E-state index contributed by atoms with van der Waals surface area (Å²) in [6.45, 7) is 3.86. The summed E-state index contributed by atoms with van der Waals surface area (Å²) in [5.74, 6) is 0.845. The van der Waals surface area contributed by atoms with Crippen LogP contribution in [-0.4, -0.2) is 20.4 Å². The van der Waals surface area contributed by atoms with Gasteiger partial charge in [0.15, 0.2) is 5.84 Å². The molecule has 2 aromatic heterocycles. The molecule has 0 radical (unpaired) electrons. The number of amidine groups is 1. The van der Waals surface area contributed by atoms with E-state index in [0.717, 1.165) is 16.9 Å². The number of imidazole rings is 1. The number of nitrogens with zero attached hydrogens (tertiary/aromatic N) is 3. The van der Waals surface area contributed by atoms with Gasteiger partial charge in [-0.1, -0.05) is 5.16 Å². The zero-order chi connectivity index (χ0) is 11.0. The minimum Gasteiger partial charge on any atom is -0.409 e. The largest absolute Gasteiger partial charge is 0.409 e. The number of oxime groups is 1. The maximum Gasteiger partial charge on any atom is 0.191 e. The standard InChI is InChI=1S/C10H12N4O/c1-6-3-4-14-7(2)12-9(8(14)5-6)10(11)13-15/h3-5,15H,1-2H3,(H2,11,13). The summed E-state index contributed by atoms with van der Waals surface area (Å²) >= 11 is 0. The van der Waals surface area contributed by atoms with E-state index in [1.54, 1.807) is 0 Å². The third-order valence-corrected chi connectivity index (χ3v) is 2.33. The lowest BCUT2D eigenvalue weighted by molar-refractivity contribution is 0.318. The zero-order valence-electron chi connectivity index (χ0n) is 8.60. The molecule has 0 saturated heterocycles. The van der Waals surface area contributed by atoms with Gasteiger partial charge in [0, 0.05) is 6.20 Å². The second-order valence-electron chi connectivity index (χ2n) is 3.45. The summed E-state index contributed by atoms with van der Waals surface area (Å²) in [5, 5.41) is 11.6. The summed E-state index contributed by atoms with van der Waals surface area (Å²) in [6, 6.07) is 3.94. The number of aryl methyl sites for hydroxylation is 2. The van der Waals surface area contributed by atoms with Crippen LogP contribution in [0.15, 0.2) is 23.5 Å². The molecule has 15 heavy (non-hydrogen) atoms. The van der Waals surface area contributed by atoms with Crippen molar-refractivity contribution >= 4 is 11.4 Å². The Morgan fingerprint density at radius 2 is 2.27 bits per heavy atom. The molecule has 0 atom stereocenters. The summed E-state index contributed by atoms with van der Waals surface area (Å²) < 4.78 is 1.90. The van der Waals surface area contributed by atoms with Crippen molar-refractivity contribution < 1.29 is 5.21 Å². The lowest BCUT2D eigenvalue weighted by Gasteiger charge is -1.98. The van der Waals surface area contributed by atoms with Crippen LogP contribution >= 0.6 is 0 Å². The zero-order valence-corrected chi connectivity index (χ0v) is 8.60. The monoisotopic (exact) mass is 204 g/mol. The molecule has 0 amide bonds. The van der Waals surface area contributed by atoms with Crippen molar-refractivity contribution in [3.8, 4) is 0 Å². The molecule has 5 heteroatoms. The van der Waals surface area contributed by atoms with Crippen LogP contribution in [0.4, 0.5) is 0 Å². The number of rotatable bonds is 1. The number of pyridine rings is 1. The van der Waals surface area contributed by atoms with Crippen LogP contribution in [0.25, 0.3) is 5.52 Å². The Kier molecular flexibility index (Phi) is 2.07. The minimum atomic E-state index is 0.0335. The van der Waals surface area contributed by atoms with Crippen molar-refractivity contribution in [1.29, 1.82) is 0 Å². The summed E-state index contributed by atoms with van der Waals surface area (Å²) in [7, 11) is 0. The first-order chi connectivity index (χ1) is 7.13. The Balaban J connectivity index is 2.81. The fourth-order valence-corrected chi connectivity index (χ4v) is 1.58. The molecule has 2 rings (SSSR count). The second-order valence-corrected chi connectivity index (χ2v) is 3.45. The van der Waals surface area contributed by atoms with E-state index in [1.807, 2.05) is 36.6 Å². The van der Waals surface area contributed by atoms with Gasteiger partial charge in [0.05, 0.1) is 5.52 Å². The highest BCUT2D eigenvalue weighted by Crippen LogP contribution is 2.14. The van der Waals surface area contributed by atoms with Gasteiger partial charge in [-0.15, -0.1) is 0 Å². The lowest BCUT2D eigenvalue weighted by Crippen LogP contribution is -2.14. The van der Waals surface area contributed by atoms with Gasteiger partial charge in [0.25, 0.3) is 0 Å². The number of nitrogens with two attached hydrogens (primary N) is 1. The molecule has 2 heterocycles. The van der Waals surface area contributed by atoms with Crippen molar-refractivity contribution in [2.45, 2.75) is 13.8 Å². The molecule has 0 bridgehead atoms. The molecule has 3 N–H and O–H groups in total. The predicted molar refractivity (Wildman–Crippen MR) is 57.2 cm³/mol. The fourth-order valence-electron chi connectivity index (χ4n) is 1.58. The highest BCUT2D eigenvalue weighted by atomic mass is 16.4. The lowest BCUT2D eigenvalue weighted by atomic mass is 10.2. The van der Waals surface area contributed by atoms with Gasteiger partial charge < -0.3 is 15.3 Å². The molecule has 5 nitrogen and oxygen atoms in total. The van der Waals surface area contributed by atoms with Crippen molar-refractivity contribution in [3.05, 3.63) is 35.4 Å². The van der Waals surface area contributed by atoms with E-state index >= 15 is 0 Å². The average molecular weight is 204 g/mol. The van der Waals surface area contributed by atoms with Crippen LogP contribution in [0.1, 0.15) is 17.1 Å². The Hall–Kier alpha value is -2.04. The van der Waals surface area contributed by atoms with Gasteiger partial charge in [0.1, 0.15) is 11.5 Å². The van der Waals surface area contributed by atoms with E-state index in [0.29, 0.717) is 5.69 Å². The average Bonchev–Trinajstić information content (AvgIpc) is 2.54. The molecule has 0 spiro atoms. The van der Waals surface area contributed by atoms with Crippen LogP contribution in [-0.2, 0) is 0 Å².